The van der Waals surface area contributed by atoms with Crippen molar-refractivity contribution in [1.29, 1.82) is 0 Å². The summed E-state index contributed by atoms with van der Waals surface area (Å²) >= 11 is 0. The predicted molar refractivity (Wildman–Crippen MR) is 320 cm³/mol. The molecule has 492 valence electrons. The molecule has 3 aliphatic rings. The molecule has 29 heteroatoms. The minimum atomic E-state index is -1.64. The van der Waals surface area contributed by atoms with Crippen molar-refractivity contribution in [3.05, 3.63) is 165 Å². The van der Waals surface area contributed by atoms with E-state index in [-0.39, 0.29) is 89.8 Å². The van der Waals surface area contributed by atoms with E-state index in [4.69, 9.17) is 46.4 Å². The van der Waals surface area contributed by atoms with Crippen molar-refractivity contribution in [2.24, 2.45) is 0 Å². The predicted octanol–water partition coefficient (Wildman–Crippen LogP) is 0.747. The van der Waals surface area contributed by atoms with Gasteiger partial charge in [0.05, 0.1) is 54.4 Å². The molecule has 16 N–H and O–H groups in total. The number of phenolic OH excluding ortho intramolecular Hbond substituents is 4. The van der Waals surface area contributed by atoms with Gasteiger partial charge in [-0.15, -0.1) is 0 Å². The monoisotopic (exact) mass is 1290 g/mol. The molecule has 93 heavy (non-hydrogen) atoms. The Morgan fingerprint density at radius 2 is 0.753 bits per heavy atom. The molecule has 3 saturated heterocycles. The molecule has 15 atom stereocenters. The first-order valence-electron chi connectivity index (χ1n) is 28.3. The standard InChI is InChI=1S/C22H22O10.C21H20O10.C21H20O9/c1-29-15-6-12-14(30-9-13(18(12)25)10-2-4-11(24)5-3-10)7-16(15)31-22-21(28)20(27)19(26)17(8-23)32-22;22-7-15-18(26)19(27)20(28)21(31-15)30-11-5-13(24)16-14(6-11)29-8-12(17(16)25)9-1-3-10(23)4-2-9;22-8-16-18(25)19(26)20(27)21(30-16)29-12-5-6-13-15(7-12)28-9-14(17(13)24)10-1-3-11(23)4-2-10/h2-7,9,17,19-24,26-28H,8H2,1H3;1-6,8,15,18-24,26-28H,7H2;1-7,9,16,18-23,25-27H,8H2/t17-,19-,20+,21-,22-;15-,18-,19+,20-,21-;16-,18-,19+,20-,21?/m111/s1. The number of ether oxygens (including phenoxy) is 7. The van der Waals surface area contributed by atoms with Gasteiger partial charge >= 0.3 is 0 Å². The summed E-state index contributed by atoms with van der Waals surface area (Å²) < 4.78 is 54.6. The Hall–Kier alpha value is -9.25. The molecule has 1 unspecified atom stereocenters. The van der Waals surface area contributed by atoms with Crippen LogP contribution in [0.3, 0.4) is 0 Å². The third-order valence-corrected chi connectivity index (χ3v) is 15.5. The summed E-state index contributed by atoms with van der Waals surface area (Å²) in [5.41, 5.74) is 1.66. The van der Waals surface area contributed by atoms with E-state index in [0.29, 0.717) is 27.6 Å². The fourth-order valence-corrected chi connectivity index (χ4v) is 10.3. The Bertz CT molecular complexity index is 4240. The minimum Gasteiger partial charge on any atom is -0.508 e. The van der Waals surface area contributed by atoms with Crippen molar-refractivity contribution in [1.82, 2.24) is 0 Å². The van der Waals surface area contributed by atoms with Crippen LogP contribution in [0.15, 0.2) is 162 Å². The summed E-state index contributed by atoms with van der Waals surface area (Å²) in [7, 11) is 1.35. The first-order valence-corrected chi connectivity index (χ1v) is 28.3. The Morgan fingerprint density at radius 1 is 0.376 bits per heavy atom. The molecule has 0 saturated carbocycles. The van der Waals surface area contributed by atoms with Crippen LogP contribution in [-0.2, 0) is 14.2 Å². The number of methoxy groups -OCH3 is 1. The zero-order valence-electron chi connectivity index (χ0n) is 48.4. The maximum absolute atomic E-state index is 13.0. The highest BCUT2D eigenvalue weighted by Crippen LogP contribution is 2.37. The van der Waals surface area contributed by atoms with Crippen molar-refractivity contribution in [3.63, 3.8) is 0 Å². The van der Waals surface area contributed by atoms with E-state index >= 15 is 0 Å². The minimum absolute atomic E-state index is 0.00730. The molecule has 3 fully saturated rings. The second-order valence-electron chi connectivity index (χ2n) is 21.5. The lowest BCUT2D eigenvalue weighted by atomic mass is 9.99. The lowest BCUT2D eigenvalue weighted by Crippen LogP contribution is -2.60. The smallest absolute Gasteiger partial charge is 0.229 e. The average molecular weight is 1300 g/mol. The number of aliphatic hydroxyl groups excluding tert-OH is 12. The summed E-state index contributed by atoms with van der Waals surface area (Å²) in [4.78, 5) is 38.7. The largest absolute Gasteiger partial charge is 0.508 e. The molecule has 0 spiro atoms. The van der Waals surface area contributed by atoms with Crippen LogP contribution >= 0.6 is 0 Å². The van der Waals surface area contributed by atoms with E-state index < -0.39 is 123 Å². The number of hydrogen-bond acceptors (Lipinski definition) is 29. The Morgan fingerprint density at radius 3 is 1.18 bits per heavy atom. The fraction of sp³-hybridized carbons (Fsp3) is 0.297. The molecular formula is C64H62O29. The lowest BCUT2D eigenvalue weighted by molar-refractivity contribution is -0.277. The van der Waals surface area contributed by atoms with Crippen LogP contribution in [-0.4, -0.2) is 201 Å². The average Bonchev–Trinajstić information content (AvgIpc) is 0.802. The molecule has 9 aromatic rings. The molecule has 0 radical (unpaired) electrons. The van der Waals surface area contributed by atoms with Crippen molar-refractivity contribution in [2.45, 2.75) is 92.1 Å². The van der Waals surface area contributed by atoms with Gasteiger partial charge in [-0.3, -0.25) is 14.4 Å². The van der Waals surface area contributed by atoms with Crippen LogP contribution in [0.2, 0.25) is 0 Å². The highest BCUT2D eigenvalue weighted by molar-refractivity contribution is 5.88. The second kappa shape index (κ2) is 28.3. The third kappa shape index (κ3) is 13.9. The van der Waals surface area contributed by atoms with Crippen LogP contribution in [0.1, 0.15) is 0 Å². The normalized spacial score (nSPS) is 26.1. The van der Waals surface area contributed by atoms with E-state index in [0.717, 1.165) is 6.07 Å². The van der Waals surface area contributed by atoms with E-state index in [2.05, 4.69) is 0 Å². The van der Waals surface area contributed by atoms with Crippen molar-refractivity contribution in [3.8, 4) is 79.4 Å². The van der Waals surface area contributed by atoms with Crippen molar-refractivity contribution < 1.29 is 128 Å². The van der Waals surface area contributed by atoms with Gasteiger partial charge in [-0.05, 0) is 71.3 Å². The van der Waals surface area contributed by atoms with Crippen LogP contribution in [0.4, 0.5) is 0 Å². The van der Waals surface area contributed by atoms with Gasteiger partial charge in [-0.1, -0.05) is 36.4 Å². The van der Waals surface area contributed by atoms with Gasteiger partial charge in [-0.25, -0.2) is 0 Å². The number of hydrogen-bond donors (Lipinski definition) is 16. The SMILES string of the molecule is COc1cc2c(=O)c(-c3ccc(O)cc3)coc2cc1O[C@@H]1O[C@H](CO)[C@@H](O)[C@H](O)[C@H]1O.O=c1c(-c2ccc(O)cc2)coc2cc(OC3O[C@H](CO)[C@@H](O)[C@H](O)[C@H]3O)ccc12.O=c1c(-c2ccc(O)cc2)coc2cc(O[C@@H]3O[C@H](CO)[C@@H](O)[C@H](O)[C@H]3O)cc(O)c12. The van der Waals surface area contributed by atoms with Crippen LogP contribution in [0.25, 0.3) is 66.3 Å². The fourth-order valence-electron chi connectivity index (χ4n) is 10.3. The highest BCUT2D eigenvalue weighted by Gasteiger charge is 2.47. The van der Waals surface area contributed by atoms with Gasteiger partial charge < -0.3 is 128 Å². The Kier molecular flexibility index (Phi) is 20.3. The molecule has 0 amide bonds. The number of fused-ring (bicyclic) bond motifs is 3. The molecule has 6 heterocycles. The van der Waals surface area contributed by atoms with Gasteiger partial charge in [0, 0.05) is 24.3 Å². The van der Waals surface area contributed by atoms with E-state index in [9.17, 15) is 96.1 Å². The van der Waals surface area contributed by atoms with Gasteiger partial charge in [0.15, 0.2) is 16.9 Å². The van der Waals surface area contributed by atoms with E-state index in [1.165, 1.54) is 111 Å². The molecule has 0 aliphatic carbocycles. The third-order valence-electron chi connectivity index (χ3n) is 15.5. The summed E-state index contributed by atoms with van der Waals surface area (Å²) in [6.07, 6.45) is -18.0. The number of rotatable bonds is 13. The molecule has 3 aliphatic heterocycles. The van der Waals surface area contributed by atoms with E-state index in [1.807, 2.05) is 0 Å². The molecule has 0 bridgehead atoms. The molecule has 3 aromatic heterocycles. The molecule has 6 aromatic carbocycles. The molecular weight excluding hydrogens is 1230 g/mol. The molecule has 12 rings (SSSR count). The second-order valence-corrected chi connectivity index (χ2v) is 21.5. The van der Waals surface area contributed by atoms with Crippen molar-refractivity contribution >= 4 is 32.9 Å². The van der Waals surface area contributed by atoms with Gasteiger partial charge in [0.25, 0.3) is 0 Å². The number of phenols is 4. The summed E-state index contributed by atoms with van der Waals surface area (Å²) in [5.74, 6) is 0.0458. The van der Waals surface area contributed by atoms with Gasteiger partial charge in [0.2, 0.25) is 29.7 Å². The summed E-state index contributed by atoms with van der Waals surface area (Å²) in [5, 5.41) is 157. The van der Waals surface area contributed by atoms with Gasteiger partial charge in [0.1, 0.15) is 149 Å². The first-order chi connectivity index (χ1) is 44.5. The van der Waals surface area contributed by atoms with Gasteiger partial charge in [-0.2, -0.15) is 0 Å². The van der Waals surface area contributed by atoms with Crippen LogP contribution in [0, 0.1) is 0 Å². The zero-order valence-corrected chi connectivity index (χ0v) is 48.4. The maximum Gasteiger partial charge on any atom is 0.229 e. The quantitative estimate of drug-likeness (QED) is 0.0757. The lowest BCUT2D eigenvalue weighted by Gasteiger charge is -2.39. The number of aromatic hydroxyl groups is 4. The first kappa shape index (κ1) is 66.7. The summed E-state index contributed by atoms with van der Waals surface area (Å²) in [6.45, 7) is -1.80. The zero-order chi connectivity index (χ0) is 66.7. The maximum atomic E-state index is 13.0. The number of aliphatic hydroxyl groups is 12. The number of benzene rings is 6. The van der Waals surface area contributed by atoms with Crippen molar-refractivity contribution in [2.75, 3.05) is 26.9 Å². The highest BCUT2D eigenvalue weighted by atomic mass is 16.7. The Labute approximate surface area is 522 Å². The molecule has 29 nitrogen and oxygen atoms in total. The van der Waals surface area contributed by atoms with Crippen LogP contribution < -0.4 is 35.2 Å². The topological polar surface area (TPSA) is 479 Å². The summed E-state index contributed by atoms with van der Waals surface area (Å²) in [6, 6.07) is 27.7. The van der Waals surface area contributed by atoms with E-state index in [1.54, 1.807) is 24.3 Å². The van der Waals surface area contributed by atoms with Crippen LogP contribution in [0.5, 0.6) is 46.0 Å². The Balaban J connectivity index is 0.000000153.